The van der Waals surface area contributed by atoms with Crippen molar-refractivity contribution in [2.24, 2.45) is 0 Å². The number of allylic oxidation sites excluding steroid dienone is 1. The van der Waals surface area contributed by atoms with Gasteiger partial charge in [-0.25, -0.2) is 9.29 Å². The molecule has 180 valence electrons. The van der Waals surface area contributed by atoms with Gasteiger partial charge in [0.2, 0.25) is 18.2 Å². The predicted molar refractivity (Wildman–Crippen MR) is 108 cm³/mol. The van der Waals surface area contributed by atoms with Gasteiger partial charge < -0.3 is 19.1 Å². The topological polar surface area (TPSA) is 118 Å². The number of nitriles is 1. The number of benzene rings is 1. The van der Waals surface area contributed by atoms with Crippen molar-refractivity contribution in [1.82, 2.24) is 14.9 Å². The molecule has 2 rings (SSSR count). The van der Waals surface area contributed by atoms with Crippen LogP contribution in [0.25, 0.3) is 0 Å². The van der Waals surface area contributed by atoms with E-state index in [0.717, 1.165) is 20.2 Å². The van der Waals surface area contributed by atoms with Crippen LogP contribution in [0.2, 0.25) is 0 Å². The van der Waals surface area contributed by atoms with Crippen molar-refractivity contribution >= 4 is 18.0 Å². The lowest BCUT2D eigenvalue weighted by Crippen LogP contribution is -2.32. The first kappa shape index (κ1) is 25.8. The van der Waals surface area contributed by atoms with E-state index in [-0.39, 0.29) is 34.7 Å². The number of halogens is 4. The minimum atomic E-state index is -4.92. The molecule has 0 saturated carbocycles. The van der Waals surface area contributed by atoms with Gasteiger partial charge in [0, 0.05) is 26.2 Å². The summed E-state index contributed by atoms with van der Waals surface area (Å²) in [6.45, 7) is 0. The third-order valence-electron chi connectivity index (χ3n) is 4.08. The number of aromatic nitrogens is 2. The van der Waals surface area contributed by atoms with Gasteiger partial charge in [0.25, 0.3) is 5.91 Å². The second kappa shape index (κ2) is 10.5. The number of anilines is 1. The zero-order chi connectivity index (χ0) is 25.6. The standard InChI is InChI=1S/C20H17F4N5O5/c1-28(2)15(20(22,23)24)7-18(31)29(10-30)13-6-14(11(9-25)5-12(13)21)34-19-26-16(32-3)8-17(27-19)33-4/h5-8,10H,1-4H3/b15-7-. The molecule has 0 unspecified atom stereocenters. The summed E-state index contributed by atoms with van der Waals surface area (Å²) in [6.07, 6.45) is -4.97. The summed E-state index contributed by atoms with van der Waals surface area (Å²) in [6, 6.07) is 3.97. The second-order valence-corrected chi connectivity index (χ2v) is 6.48. The molecule has 0 aliphatic rings. The number of alkyl halides is 3. The van der Waals surface area contributed by atoms with Crippen molar-refractivity contribution < 1.29 is 41.4 Å². The molecule has 10 nitrogen and oxygen atoms in total. The Balaban J connectivity index is 2.57. The highest BCUT2D eigenvalue weighted by molar-refractivity contribution is 6.12. The van der Waals surface area contributed by atoms with Crippen molar-refractivity contribution in [3.05, 3.63) is 41.4 Å². The maximum atomic E-state index is 14.6. The highest BCUT2D eigenvalue weighted by atomic mass is 19.4. The highest BCUT2D eigenvalue weighted by Crippen LogP contribution is 2.33. The normalized spacial score (nSPS) is 11.3. The smallest absolute Gasteiger partial charge is 0.431 e. The van der Waals surface area contributed by atoms with Gasteiger partial charge >= 0.3 is 12.2 Å². The fourth-order valence-corrected chi connectivity index (χ4v) is 2.51. The third-order valence-corrected chi connectivity index (χ3v) is 4.08. The van der Waals surface area contributed by atoms with E-state index in [4.69, 9.17) is 14.2 Å². The van der Waals surface area contributed by atoms with Crippen LogP contribution in [0, 0.1) is 17.1 Å². The molecule has 0 aliphatic heterocycles. The molecule has 0 atom stereocenters. The summed E-state index contributed by atoms with van der Waals surface area (Å²) in [5.74, 6) is -3.12. The lowest BCUT2D eigenvalue weighted by atomic mass is 10.1. The zero-order valence-corrected chi connectivity index (χ0v) is 18.2. The van der Waals surface area contributed by atoms with Gasteiger partial charge in [0.1, 0.15) is 17.6 Å². The van der Waals surface area contributed by atoms with E-state index in [1.54, 1.807) is 6.07 Å². The van der Waals surface area contributed by atoms with Crippen molar-refractivity contribution in [1.29, 1.82) is 5.26 Å². The van der Waals surface area contributed by atoms with Gasteiger partial charge in [0.15, 0.2) is 5.75 Å². The Bertz CT molecular complexity index is 1140. The number of hydrogen-bond acceptors (Lipinski definition) is 9. The molecule has 2 amide bonds. The average Bonchev–Trinajstić information content (AvgIpc) is 2.78. The number of nitrogens with zero attached hydrogens (tertiary/aromatic N) is 5. The minimum Gasteiger partial charge on any atom is -0.481 e. The largest absolute Gasteiger partial charge is 0.481 e. The van der Waals surface area contributed by atoms with Crippen LogP contribution in [-0.2, 0) is 9.59 Å². The number of methoxy groups -OCH3 is 2. The Morgan fingerprint density at radius 3 is 2.15 bits per heavy atom. The van der Waals surface area contributed by atoms with Gasteiger partial charge in [-0.05, 0) is 6.07 Å². The second-order valence-electron chi connectivity index (χ2n) is 6.48. The molecular formula is C20H17F4N5O5. The lowest BCUT2D eigenvalue weighted by Gasteiger charge is -2.21. The number of hydrogen-bond donors (Lipinski definition) is 0. The monoisotopic (exact) mass is 483 g/mol. The Hall–Kier alpha value is -4.41. The van der Waals surface area contributed by atoms with Crippen LogP contribution < -0.4 is 19.1 Å². The lowest BCUT2D eigenvalue weighted by molar-refractivity contribution is -0.121. The van der Waals surface area contributed by atoms with Crippen LogP contribution in [0.1, 0.15) is 5.56 Å². The molecule has 34 heavy (non-hydrogen) atoms. The molecule has 0 N–H and O–H groups in total. The quantitative estimate of drug-likeness (QED) is 0.317. The van der Waals surface area contributed by atoms with Crippen molar-refractivity contribution in [3.8, 4) is 29.6 Å². The predicted octanol–water partition coefficient (Wildman–Crippen LogP) is 2.79. The minimum absolute atomic E-state index is 0.0147. The Morgan fingerprint density at radius 1 is 1.12 bits per heavy atom. The molecule has 0 saturated heterocycles. The average molecular weight is 483 g/mol. The van der Waals surface area contributed by atoms with Gasteiger partial charge in [-0.15, -0.1) is 0 Å². The molecule has 2 aromatic rings. The van der Waals surface area contributed by atoms with Gasteiger partial charge in [-0.1, -0.05) is 0 Å². The molecular weight excluding hydrogens is 466 g/mol. The first-order chi connectivity index (χ1) is 15.9. The van der Waals surface area contributed by atoms with Crippen LogP contribution in [0.3, 0.4) is 0 Å². The van der Waals surface area contributed by atoms with E-state index in [1.165, 1.54) is 20.3 Å². The van der Waals surface area contributed by atoms with Crippen LogP contribution in [0.5, 0.6) is 23.5 Å². The summed E-state index contributed by atoms with van der Waals surface area (Å²) in [5, 5.41) is 9.31. The summed E-state index contributed by atoms with van der Waals surface area (Å²) in [7, 11) is 4.67. The van der Waals surface area contributed by atoms with Gasteiger partial charge in [-0.3, -0.25) is 9.59 Å². The summed E-state index contributed by atoms with van der Waals surface area (Å²) in [5.41, 5.74) is -2.54. The molecule has 0 radical (unpaired) electrons. The number of imide groups is 1. The summed E-state index contributed by atoms with van der Waals surface area (Å²) < 4.78 is 69.5. The maximum absolute atomic E-state index is 14.6. The number of ether oxygens (including phenoxy) is 3. The first-order valence-electron chi connectivity index (χ1n) is 9.08. The van der Waals surface area contributed by atoms with E-state index in [0.29, 0.717) is 11.0 Å². The number of carbonyl (C=O) groups is 2. The van der Waals surface area contributed by atoms with Crippen molar-refractivity contribution in [2.45, 2.75) is 6.18 Å². The van der Waals surface area contributed by atoms with Crippen LogP contribution >= 0.6 is 0 Å². The Morgan fingerprint density at radius 2 is 1.71 bits per heavy atom. The van der Waals surface area contributed by atoms with Gasteiger partial charge in [-0.2, -0.15) is 28.4 Å². The molecule has 0 bridgehead atoms. The van der Waals surface area contributed by atoms with E-state index in [9.17, 15) is 32.4 Å². The molecule has 0 aliphatic carbocycles. The zero-order valence-electron chi connectivity index (χ0n) is 18.2. The van der Waals surface area contributed by atoms with E-state index in [2.05, 4.69) is 9.97 Å². The summed E-state index contributed by atoms with van der Waals surface area (Å²) >= 11 is 0. The summed E-state index contributed by atoms with van der Waals surface area (Å²) in [4.78, 5) is 32.4. The van der Waals surface area contributed by atoms with E-state index < -0.39 is 41.0 Å². The molecule has 0 spiro atoms. The SMILES string of the molecule is COc1cc(OC)nc(Oc2cc(N(C=O)C(=O)/C=C(\N(C)C)C(F)(F)F)c(F)cc2C#N)n1. The molecule has 1 aromatic heterocycles. The third kappa shape index (κ3) is 5.88. The highest BCUT2D eigenvalue weighted by Gasteiger charge is 2.37. The fourth-order valence-electron chi connectivity index (χ4n) is 2.51. The van der Waals surface area contributed by atoms with E-state index >= 15 is 0 Å². The number of amides is 2. The molecule has 1 heterocycles. The Labute approximate surface area is 190 Å². The van der Waals surface area contributed by atoms with E-state index in [1.807, 2.05) is 0 Å². The molecule has 14 heteroatoms. The molecule has 1 aromatic carbocycles. The molecule has 0 fully saturated rings. The fraction of sp³-hybridized carbons (Fsp3) is 0.250. The van der Waals surface area contributed by atoms with Gasteiger partial charge in [0.05, 0.1) is 31.5 Å². The Kier molecular flexibility index (Phi) is 7.96. The van der Waals surface area contributed by atoms with Crippen molar-refractivity contribution in [3.63, 3.8) is 0 Å². The van der Waals surface area contributed by atoms with Crippen LogP contribution in [0.15, 0.2) is 30.0 Å². The van der Waals surface area contributed by atoms with Crippen molar-refractivity contribution in [2.75, 3.05) is 33.2 Å². The first-order valence-corrected chi connectivity index (χ1v) is 9.08. The van der Waals surface area contributed by atoms with Crippen LogP contribution in [0.4, 0.5) is 23.2 Å². The maximum Gasteiger partial charge on any atom is 0.431 e. The number of carbonyl (C=O) groups excluding carboxylic acids is 2. The number of rotatable bonds is 8. The van der Waals surface area contributed by atoms with Crippen LogP contribution in [-0.4, -0.2) is 61.7 Å².